The first-order valence-electron chi connectivity index (χ1n) is 6.12. The van der Waals surface area contributed by atoms with E-state index in [1.165, 1.54) is 5.56 Å². The summed E-state index contributed by atoms with van der Waals surface area (Å²) >= 11 is 3.50. The molecule has 17 heavy (non-hydrogen) atoms. The van der Waals surface area contributed by atoms with Crippen molar-refractivity contribution >= 4 is 15.9 Å². The third-order valence-corrected chi connectivity index (χ3v) is 3.83. The number of hydrogen-bond donors (Lipinski definition) is 1. The van der Waals surface area contributed by atoms with Gasteiger partial charge in [-0.25, -0.2) is 0 Å². The van der Waals surface area contributed by atoms with Crippen molar-refractivity contribution in [2.45, 2.75) is 26.8 Å². The van der Waals surface area contributed by atoms with Crippen LogP contribution in [-0.2, 0) is 6.54 Å². The molecule has 3 heteroatoms. The van der Waals surface area contributed by atoms with Crippen LogP contribution in [0.25, 0.3) is 0 Å². The minimum atomic E-state index is 0.223. The van der Waals surface area contributed by atoms with E-state index in [9.17, 15) is 0 Å². The molecule has 0 aliphatic carbocycles. The lowest BCUT2D eigenvalue weighted by atomic mass is 9.87. The van der Waals surface area contributed by atoms with Crippen LogP contribution < -0.4 is 5.73 Å². The van der Waals surface area contributed by atoms with Crippen LogP contribution in [0.3, 0.4) is 0 Å². The van der Waals surface area contributed by atoms with Gasteiger partial charge in [0.1, 0.15) is 0 Å². The van der Waals surface area contributed by atoms with Gasteiger partial charge in [-0.3, -0.25) is 0 Å². The number of benzene rings is 1. The molecule has 0 amide bonds. The minimum absolute atomic E-state index is 0.223. The molecule has 0 aliphatic heterocycles. The predicted octanol–water partition coefficient (Wildman–Crippen LogP) is 3.26. The van der Waals surface area contributed by atoms with Gasteiger partial charge in [0.15, 0.2) is 0 Å². The molecule has 2 N–H and O–H groups in total. The summed E-state index contributed by atoms with van der Waals surface area (Å²) in [6.45, 7) is 7.21. The average Bonchev–Trinajstić information content (AvgIpc) is 2.28. The standard InChI is InChI=1S/C14H23BrN2/c1-4-14(2,10-16)11-17(3)9-12-6-5-7-13(15)8-12/h5-8H,4,9-11,16H2,1-3H3. The summed E-state index contributed by atoms with van der Waals surface area (Å²) in [5.74, 6) is 0. The Morgan fingerprint density at radius 2 is 2.12 bits per heavy atom. The van der Waals surface area contributed by atoms with E-state index in [0.29, 0.717) is 0 Å². The van der Waals surface area contributed by atoms with E-state index in [0.717, 1.165) is 30.5 Å². The Morgan fingerprint density at radius 1 is 1.41 bits per heavy atom. The Hall–Kier alpha value is -0.380. The van der Waals surface area contributed by atoms with Crippen molar-refractivity contribution < 1.29 is 0 Å². The maximum Gasteiger partial charge on any atom is 0.0231 e. The Balaban J connectivity index is 2.58. The fourth-order valence-electron chi connectivity index (χ4n) is 1.98. The van der Waals surface area contributed by atoms with Gasteiger partial charge in [-0.15, -0.1) is 0 Å². The first kappa shape index (κ1) is 14.7. The van der Waals surface area contributed by atoms with Gasteiger partial charge in [0.25, 0.3) is 0 Å². The van der Waals surface area contributed by atoms with Crippen molar-refractivity contribution in [3.63, 3.8) is 0 Å². The topological polar surface area (TPSA) is 29.3 Å². The second kappa shape index (κ2) is 6.53. The lowest BCUT2D eigenvalue weighted by Gasteiger charge is -2.31. The highest BCUT2D eigenvalue weighted by atomic mass is 79.9. The molecule has 0 heterocycles. The molecule has 0 aliphatic rings. The lowest BCUT2D eigenvalue weighted by molar-refractivity contribution is 0.186. The molecule has 0 saturated heterocycles. The summed E-state index contributed by atoms with van der Waals surface area (Å²) in [6, 6.07) is 8.46. The van der Waals surface area contributed by atoms with Crippen LogP contribution in [0.5, 0.6) is 0 Å². The zero-order valence-corrected chi connectivity index (χ0v) is 12.6. The first-order valence-corrected chi connectivity index (χ1v) is 6.91. The Morgan fingerprint density at radius 3 is 2.65 bits per heavy atom. The van der Waals surface area contributed by atoms with Crippen LogP contribution in [0.2, 0.25) is 0 Å². The molecule has 1 rings (SSSR count). The average molecular weight is 299 g/mol. The fourth-order valence-corrected chi connectivity index (χ4v) is 2.42. The quantitative estimate of drug-likeness (QED) is 0.873. The molecular formula is C14H23BrN2. The van der Waals surface area contributed by atoms with E-state index in [1.54, 1.807) is 0 Å². The van der Waals surface area contributed by atoms with Gasteiger partial charge in [0.05, 0.1) is 0 Å². The second-order valence-electron chi connectivity index (χ2n) is 5.17. The molecule has 0 bridgehead atoms. The second-order valence-corrected chi connectivity index (χ2v) is 6.09. The molecule has 1 unspecified atom stereocenters. The lowest BCUT2D eigenvalue weighted by Crippen LogP contribution is -2.38. The van der Waals surface area contributed by atoms with Gasteiger partial charge in [-0.05, 0) is 43.1 Å². The molecule has 0 radical (unpaired) electrons. The zero-order chi connectivity index (χ0) is 12.9. The highest BCUT2D eigenvalue weighted by molar-refractivity contribution is 9.10. The molecule has 2 nitrogen and oxygen atoms in total. The normalized spacial score (nSPS) is 14.9. The van der Waals surface area contributed by atoms with Gasteiger partial charge in [-0.2, -0.15) is 0 Å². The van der Waals surface area contributed by atoms with Crippen LogP contribution in [0, 0.1) is 5.41 Å². The van der Waals surface area contributed by atoms with Gasteiger partial charge in [0, 0.05) is 17.6 Å². The maximum absolute atomic E-state index is 5.85. The summed E-state index contributed by atoms with van der Waals surface area (Å²) in [6.07, 6.45) is 1.12. The SMILES string of the molecule is CCC(C)(CN)CN(C)Cc1cccc(Br)c1. The summed E-state index contributed by atoms with van der Waals surface area (Å²) in [5, 5.41) is 0. The van der Waals surface area contributed by atoms with Crippen LogP contribution in [0.4, 0.5) is 0 Å². The third-order valence-electron chi connectivity index (χ3n) is 3.34. The summed E-state index contributed by atoms with van der Waals surface area (Å²) in [4.78, 5) is 2.35. The summed E-state index contributed by atoms with van der Waals surface area (Å²) in [7, 11) is 2.16. The van der Waals surface area contributed by atoms with Crippen molar-refractivity contribution in [2.75, 3.05) is 20.1 Å². The number of hydrogen-bond acceptors (Lipinski definition) is 2. The molecule has 96 valence electrons. The number of halogens is 1. The maximum atomic E-state index is 5.85. The highest BCUT2D eigenvalue weighted by Crippen LogP contribution is 2.21. The van der Waals surface area contributed by atoms with Gasteiger partial charge < -0.3 is 10.6 Å². The Bertz CT molecular complexity index is 348. The van der Waals surface area contributed by atoms with Crippen LogP contribution >= 0.6 is 15.9 Å². The van der Waals surface area contributed by atoms with Crippen LogP contribution in [-0.4, -0.2) is 25.0 Å². The first-order chi connectivity index (χ1) is 7.99. The van der Waals surface area contributed by atoms with E-state index in [1.807, 2.05) is 0 Å². The minimum Gasteiger partial charge on any atom is -0.330 e. The number of rotatable bonds is 6. The fraction of sp³-hybridized carbons (Fsp3) is 0.571. The summed E-state index contributed by atoms with van der Waals surface area (Å²) in [5.41, 5.74) is 7.40. The molecular weight excluding hydrogens is 276 g/mol. The van der Waals surface area contributed by atoms with Crippen molar-refractivity contribution in [2.24, 2.45) is 11.1 Å². The van der Waals surface area contributed by atoms with Crippen molar-refractivity contribution in [1.29, 1.82) is 0 Å². The molecule has 1 aromatic carbocycles. The molecule has 1 atom stereocenters. The predicted molar refractivity (Wildman–Crippen MR) is 77.9 cm³/mol. The molecule has 0 spiro atoms. The Labute approximate surface area is 113 Å². The molecule has 0 aromatic heterocycles. The number of nitrogens with two attached hydrogens (primary N) is 1. The van der Waals surface area contributed by atoms with Crippen molar-refractivity contribution in [3.8, 4) is 0 Å². The molecule has 0 fully saturated rings. The van der Waals surface area contributed by atoms with E-state index >= 15 is 0 Å². The largest absolute Gasteiger partial charge is 0.330 e. The number of nitrogens with zero attached hydrogens (tertiary/aromatic N) is 1. The third kappa shape index (κ3) is 4.78. The summed E-state index contributed by atoms with van der Waals surface area (Å²) < 4.78 is 1.14. The smallest absolute Gasteiger partial charge is 0.0231 e. The van der Waals surface area contributed by atoms with Crippen molar-refractivity contribution in [3.05, 3.63) is 34.3 Å². The highest BCUT2D eigenvalue weighted by Gasteiger charge is 2.21. The van der Waals surface area contributed by atoms with E-state index < -0.39 is 0 Å². The van der Waals surface area contributed by atoms with Crippen LogP contribution in [0.1, 0.15) is 25.8 Å². The van der Waals surface area contributed by atoms with Gasteiger partial charge in [-0.1, -0.05) is 41.9 Å². The van der Waals surface area contributed by atoms with E-state index in [-0.39, 0.29) is 5.41 Å². The van der Waals surface area contributed by atoms with Crippen molar-refractivity contribution in [1.82, 2.24) is 4.90 Å². The van der Waals surface area contributed by atoms with Gasteiger partial charge in [0.2, 0.25) is 0 Å². The van der Waals surface area contributed by atoms with E-state index in [4.69, 9.17) is 5.73 Å². The van der Waals surface area contributed by atoms with Crippen LogP contribution in [0.15, 0.2) is 28.7 Å². The van der Waals surface area contributed by atoms with E-state index in [2.05, 4.69) is 66.0 Å². The Kier molecular flexibility index (Phi) is 5.63. The molecule has 0 saturated carbocycles. The monoisotopic (exact) mass is 298 g/mol. The zero-order valence-electron chi connectivity index (χ0n) is 11.0. The molecule has 1 aromatic rings. The van der Waals surface area contributed by atoms with Gasteiger partial charge >= 0.3 is 0 Å².